The topological polar surface area (TPSA) is 82.0 Å². The average Bonchev–Trinajstić information content (AvgIpc) is 2.83. The third kappa shape index (κ3) is 4.74. The predicted octanol–water partition coefficient (Wildman–Crippen LogP) is 5.73. The zero-order chi connectivity index (χ0) is 28.2. The van der Waals surface area contributed by atoms with E-state index in [0.29, 0.717) is 24.3 Å². The van der Waals surface area contributed by atoms with Gasteiger partial charge in [-0.3, -0.25) is 14.2 Å². The number of halogens is 4. The molecule has 0 atom stereocenters. The summed E-state index contributed by atoms with van der Waals surface area (Å²) in [5, 5.41) is 3.16. The second-order valence-electron chi connectivity index (χ2n) is 10.4. The van der Waals surface area contributed by atoms with E-state index in [4.69, 9.17) is 17.3 Å². The van der Waals surface area contributed by atoms with Gasteiger partial charge in [-0.2, -0.15) is 13.2 Å². The number of aromatic nitrogens is 2. The van der Waals surface area contributed by atoms with Crippen molar-refractivity contribution in [3.63, 3.8) is 0 Å². The summed E-state index contributed by atoms with van der Waals surface area (Å²) in [5.41, 5.74) is 6.27. The molecule has 3 N–H and O–H groups in total. The summed E-state index contributed by atoms with van der Waals surface area (Å²) >= 11 is 6.65. The highest BCUT2D eigenvalue weighted by Crippen LogP contribution is 2.42. The maximum atomic E-state index is 14.0. The van der Waals surface area contributed by atoms with Crippen LogP contribution >= 0.6 is 11.6 Å². The quantitative estimate of drug-likeness (QED) is 0.243. The van der Waals surface area contributed by atoms with Crippen molar-refractivity contribution >= 4 is 28.3 Å². The number of hydrogen-bond donors (Lipinski definition) is 2. The fourth-order valence-electron chi connectivity index (χ4n) is 5.21. The number of nitrogens with zero attached hydrogens (tertiary/aromatic N) is 2. The Balaban J connectivity index is 1.94. The molecule has 0 unspecified atom stereocenters. The Labute approximate surface area is 227 Å². The lowest BCUT2D eigenvalue weighted by molar-refractivity contribution is -0.137. The van der Waals surface area contributed by atoms with Crippen molar-refractivity contribution in [1.29, 1.82) is 0 Å². The van der Waals surface area contributed by atoms with Crippen LogP contribution in [-0.2, 0) is 12.7 Å². The molecule has 1 aliphatic heterocycles. The molecular formula is C29H28ClF3N4O2. The van der Waals surface area contributed by atoms with Crippen molar-refractivity contribution in [2.45, 2.75) is 39.4 Å². The Bertz CT molecular complexity index is 1720. The summed E-state index contributed by atoms with van der Waals surface area (Å²) in [6, 6.07) is 11.9. The first-order valence-corrected chi connectivity index (χ1v) is 13.0. The number of alkyl halides is 3. The molecule has 6 nitrogen and oxygen atoms in total. The minimum Gasteiger partial charge on any atom is -0.399 e. The summed E-state index contributed by atoms with van der Waals surface area (Å²) in [4.78, 5) is 27.4. The van der Waals surface area contributed by atoms with Gasteiger partial charge < -0.3 is 15.6 Å². The SMILES string of the molecule is Cc1cccc(C(C)C)c1-n1c(=O)c(=O)n(CC2CNC2)c2cc(Cl)c(-c3cc(N)ccc3C(F)(F)F)cc21. The Morgan fingerprint density at radius 1 is 1.03 bits per heavy atom. The molecule has 10 heteroatoms. The van der Waals surface area contributed by atoms with Crippen molar-refractivity contribution in [2.75, 3.05) is 18.8 Å². The molecule has 1 fully saturated rings. The van der Waals surface area contributed by atoms with Crippen LogP contribution in [-0.4, -0.2) is 22.2 Å². The van der Waals surface area contributed by atoms with E-state index < -0.39 is 22.9 Å². The molecule has 5 rings (SSSR count). The van der Waals surface area contributed by atoms with Gasteiger partial charge in [0.2, 0.25) is 0 Å². The number of nitrogen functional groups attached to an aromatic ring is 1. The van der Waals surface area contributed by atoms with Crippen LogP contribution in [0, 0.1) is 12.8 Å². The van der Waals surface area contributed by atoms with E-state index in [0.717, 1.165) is 17.2 Å². The first-order valence-electron chi connectivity index (χ1n) is 12.6. The Morgan fingerprint density at radius 2 is 1.74 bits per heavy atom. The van der Waals surface area contributed by atoms with E-state index in [1.165, 1.54) is 33.4 Å². The number of rotatable bonds is 5. The third-order valence-corrected chi connectivity index (χ3v) is 7.60. The molecule has 1 aliphatic rings. The molecule has 39 heavy (non-hydrogen) atoms. The molecule has 0 spiro atoms. The van der Waals surface area contributed by atoms with Crippen molar-refractivity contribution < 1.29 is 13.2 Å². The van der Waals surface area contributed by atoms with Crippen LogP contribution in [0.4, 0.5) is 18.9 Å². The summed E-state index contributed by atoms with van der Waals surface area (Å²) in [7, 11) is 0. The summed E-state index contributed by atoms with van der Waals surface area (Å²) in [6.07, 6.45) is -4.67. The van der Waals surface area contributed by atoms with Crippen LogP contribution in [0.1, 0.15) is 36.5 Å². The Kier molecular flexibility index (Phi) is 6.84. The highest BCUT2D eigenvalue weighted by Gasteiger charge is 2.34. The molecular weight excluding hydrogens is 529 g/mol. The maximum absolute atomic E-state index is 14.0. The molecule has 0 radical (unpaired) electrons. The summed E-state index contributed by atoms with van der Waals surface area (Å²) in [5.74, 6) is 0.137. The van der Waals surface area contributed by atoms with Crippen molar-refractivity contribution in [3.8, 4) is 16.8 Å². The number of anilines is 1. The van der Waals surface area contributed by atoms with E-state index >= 15 is 0 Å². The van der Waals surface area contributed by atoms with Gasteiger partial charge in [-0.05, 0) is 59.9 Å². The van der Waals surface area contributed by atoms with Crippen molar-refractivity contribution in [2.24, 2.45) is 5.92 Å². The zero-order valence-corrected chi connectivity index (χ0v) is 22.5. The second kappa shape index (κ2) is 9.88. The number of aryl methyl sites for hydroxylation is 1. The molecule has 4 aromatic rings. The van der Waals surface area contributed by atoms with Gasteiger partial charge in [0.25, 0.3) is 0 Å². The van der Waals surface area contributed by atoms with Gasteiger partial charge in [0.1, 0.15) is 0 Å². The van der Waals surface area contributed by atoms with E-state index in [2.05, 4.69) is 5.32 Å². The van der Waals surface area contributed by atoms with Gasteiger partial charge in [-0.25, -0.2) is 0 Å². The first kappa shape index (κ1) is 27.0. The largest absolute Gasteiger partial charge is 0.417 e. The molecule has 2 heterocycles. The van der Waals surface area contributed by atoms with Gasteiger partial charge in [-0.1, -0.05) is 43.6 Å². The fourth-order valence-corrected chi connectivity index (χ4v) is 5.47. The zero-order valence-electron chi connectivity index (χ0n) is 21.7. The molecule has 0 aliphatic carbocycles. The van der Waals surface area contributed by atoms with Gasteiger partial charge in [0.15, 0.2) is 0 Å². The number of fused-ring (bicyclic) bond motifs is 1. The predicted molar refractivity (Wildman–Crippen MR) is 149 cm³/mol. The minimum atomic E-state index is -4.67. The molecule has 1 saturated heterocycles. The lowest BCUT2D eigenvalue weighted by atomic mass is 9.96. The van der Waals surface area contributed by atoms with Gasteiger partial charge >= 0.3 is 17.3 Å². The molecule has 3 aromatic carbocycles. The number of benzene rings is 3. The van der Waals surface area contributed by atoms with E-state index in [9.17, 15) is 22.8 Å². The third-order valence-electron chi connectivity index (χ3n) is 7.29. The number of nitrogens with one attached hydrogen (secondary N) is 1. The monoisotopic (exact) mass is 556 g/mol. The highest BCUT2D eigenvalue weighted by atomic mass is 35.5. The standard InChI is InChI=1S/C29H28ClF3N4O2/c1-15(2)19-6-4-5-16(3)26(19)37-25-10-21(20-9-18(34)7-8-22(20)29(31,32)33)23(30)11-24(25)36(27(38)28(37)39)14-17-12-35-13-17/h4-11,15,17,35H,12-14,34H2,1-3H3. The summed E-state index contributed by atoms with van der Waals surface area (Å²) in [6.45, 7) is 7.45. The highest BCUT2D eigenvalue weighted by molar-refractivity contribution is 6.34. The van der Waals surface area contributed by atoms with Crippen LogP contribution in [0.25, 0.3) is 27.8 Å². The van der Waals surface area contributed by atoms with Crippen LogP contribution in [0.5, 0.6) is 0 Å². The Morgan fingerprint density at radius 3 is 2.36 bits per heavy atom. The average molecular weight is 557 g/mol. The molecule has 1 aromatic heterocycles. The fraction of sp³-hybridized carbons (Fsp3) is 0.310. The van der Waals surface area contributed by atoms with Gasteiger partial charge in [0, 0.05) is 36.8 Å². The molecule has 0 amide bonds. The Hall–Kier alpha value is -3.56. The van der Waals surface area contributed by atoms with Crippen LogP contribution in [0.3, 0.4) is 0 Å². The van der Waals surface area contributed by atoms with E-state index in [1.807, 2.05) is 39.0 Å². The minimum absolute atomic E-state index is 0.00265. The van der Waals surface area contributed by atoms with E-state index in [1.54, 1.807) is 0 Å². The molecule has 0 bridgehead atoms. The lowest BCUT2D eigenvalue weighted by Crippen LogP contribution is -2.48. The summed E-state index contributed by atoms with van der Waals surface area (Å²) < 4.78 is 44.8. The number of para-hydroxylation sites is 1. The van der Waals surface area contributed by atoms with Gasteiger partial charge in [0.05, 0.1) is 27.3 Å². The van der Waals surface area contributed by atoms with Crippen LogP contribution in [0.2, 0.25) is 5.02 Å². The van der Waals surface area contributed by atoms with Crippen LogP contribution in [0.15, 0.2) is 58.1 Å². The first-order chi connectivity index (χ1) is 18.4. The normalized spacial score (nSPS) is 14.3. The second-order valence-corrected chi connectivity index (χ2v) is 10.8. The number of nitrogens with two attached hydrogens (primary N) is 1. The van der Waals surface area contributed by atoms with Crippen molar-refractivity contribution in [1.82, 2.24) is 14.5 Å². The smallest absolute Gasteiger partial charge is 0.399 e. The van der Waals surface area contributed by atoms with Crippen LogP contribution < -0.4 is 22.2 Å². The number of hydrogen-bond acceptors (Lipinski definition) is 4. The molecule has 0 saturated carbocycles. The van der Waals surface area contributed by atoms with Gasteiger partial charge in [-0.15, -0.1) is 0 Å². The lowest BCUT2D eigenvalue weighted by Gasteiger charge is -2.29. The molecule has 204 valence electrons. The van der Waals surface area contributed by atoms with Crippen molar-refractivity contribution in [3.05, 3.63) is 91.0 Å². The van der Waals surface area contributed by atoms with E-state index in [-0.39, 0.29) is 45.7 Å². The maximum Gasteiger partial charge on any atom is 0.417 e.